The molecule has 0 saturated heterocycles. The highest BCUT2D eigenvalue weighted by atomic mass is 19.1. The van der Waals surface area contributed by atoms with Gasteiger partial charge in [-0.3, -0.25) is 14.4 Å². The monoisotopic (exact) mass is 509 g/mol. The lowest BCUT2D eigenvalue weighted by Gasteiger charge is -2.41. The summed E-state index contributed by atoms with van der Waals surface area (Å²) in [6, 6.07) is 5.64. The third kappa shape index (κ3) is 4.55. The number of amides is 2. The number of halogens is 1. The number of hydrogen-bond donors (Lipinski definition) is 2. The maximum absolute atomic E-state index is 15.1. The second-order valence-corrected chi connectivity index (χ2v) is 10.9. The van der Waals surface area contributed by atoms with Crippen LogP contribution in [0.3, 0.4) is 0 Å². The van der Waals surface area contributed by atoms with Gasteiger partial charge in [-0.1, -0.05) is 13.8 Å². The van der Waals surface area contributed by atoms with Crippen LogP contribution in [0.25, 0.3) is 0 Å². The molecule has 0 bridgehead atoms. The van der Waals surface area contributed by atoms with E-state index in [1.54, 1.807) is 12.1 Å². The van der Waals surface area contributed by atoms with Gasteiger partial charge in [-0.15, -0.1) is 0 Å². The number of hydrogen-bond acceptors (Lipinski definition) is 5. The van der Waals surface area contributed by atoms with Gasteiger partial charge < -0.3 is 20.1 Å². The standard InChI is InChI=1S/C28H32FN3O5/c1-4-37-22-6-5-19-21(31-22)8-10-32(26(34)16-11-17(12-16)27(35)36)24(19)25(33)30-18-13-15-7-9-28(2,3)23(15)20(29)14-18/h5-6,13-14,16-17,24H,4,7-12H2,1-3H3,(H,30,33)(H,35,36)/t16-,17+,24-/m1/s1. The Kier molecular flexibility index (Phi) is 6.41. The Balaban J connectivity index is 1.44. The topological polar surface area (TPSA) is 109 Å². The Labute approximate surface area is 215 Å². The number of aromatic nitrogens is 1. The molecule has 1 atom stereocenters. The largest absolute Gasteiger partial charge is 0.481 e. The van der Waals surface area contributed by atoms with Crippen LogP contribution in [-0.4, -0.2) is 45.9 Å². The second-order valence-electron chi connectivity index (χ2n) is 10.9. The van der Waals surface area contributed by atoms with Crippen LogP contribution in [0.5, 0.6) is 5.88 Å². The number of carboxylic acids is 1. The number of fused-ring (bicyclic) bond motifs is 2. The fourth-order valence-electron chi connectivity index (χ4n) is 5.94. The fourth-order valence-corrected chi connectivity index (χ4v) is 5.94. The van der Waals surface area contributed by atoms with E-state index >= 15 is 4.39 Å². The predicted octanol–water partition coefficient (Wildman–Crippen LogP) is 4.02. The van der Waals surface area contributed by atoms with Crippen molar-refractivity contribution in [1.29, 1.82) is 0 Å². The minimum atomic E-state index is -0.962. The quantitative estimate of drug-likeness (QED) is 0.609. The van der Waals surface area contributed by atoms with Gasteiger partial charge in [0.05, 0.1) is 18.2 Å². The van der Waals surface area contributed by atoms with E-state index in [1.165, 1.54) is 11.0 Å². The molecule has 1 saturated carbocycles. The van der Waals surface area contributed by atoms with Crippen LogP contribution in [0, 0.1) is 17.7 Å². The first kappa shape index (κ1) is 25.2. The van der Waals surface area contributed by atoms with Crippen LogP contribution in [0.4, 0.5) is 10.1 Å². The number of carbonyl (C=O) groups excluding carboxylic acids is 2. The Morgan fingerprint density at radius 3 is 2.65 bits per heavy atom. The van der Waals surface area contributed by atoms with Gasteiger partial charge in [0.2, 0.25) is 11.8 Å². The third-order valence-electron chi connectivity index (χ3n) is 7.98. The number of anilines is 1. The van der Waals surface area contributed by atoms with Gasteiger partial charge in [-0.2, -0.15) is 0 Å². The van der Waals surface area contributed by atoms with E-state index < -0.39 is 29.8 Å². The lowest BCUT2D eigenvalue weighted by atomic mass is 9.73. The molecule has 0 spiro atoms. The molecule has 37 heavy (non-hydrogen) atoms. The molecule has 9 heteroatoms. The molecule has 1 aromatic carbocycles. The SMILES string of the molecule is CCOc1ccc2c(n1)CCN(C(=O)[C@H]1C[C@@H](C(=O)O)C1)[C@H]2C(=O)Nc1cc(F)c2c(c1)CCC2(C)C. The number of nitrogens with zero attached hydrogens (tertiary/aromatic N) is 2. The van der Waals surface area contributed by atoms with Crippen LogP contribution >= 0.6 is 0 Å². The normalized spacial score (nSPS) is 23.5. The molecule has 196 valence electrons. The van der Waals surface area contributed by atoms with Gasteiger partial charge in [0.15, 0.2) is 0 Å². The van der Waals surface area contributed by atoms with E-state index in [0.717, 1.165) is 18.4 Å². The summed E-state index contributed by atoms with van der Waals surface area (Å²) in [4.78, 5) is 44.5. The summed E-state index contributed by atoms with van der Waals surface area (Å²) < 4.78 is 20.6. The van der Waals surface area contributed by atoms with Crippen LogP contribution in [0.15, 0.2) is 24.3 Å². The lowest BCUT2D eigenvalue weighted by Crippen LogP contribution is -2.50. The molecule has 0 unspecified atom stereocenters. The van der Waals surface area contributed by atoms with Crippen molar-refractivity contribution in [3.63, 3.8) is 0 Å². The zero-order valence-corrected chi connectivity index (χ0v) is 21.3. The van der Waals surface area contributed by atoms with Gasteiger partial charge >= 0.3 is 5.97 Å². The van der Waals surface area contributed by atoms with Crippen LogP contribution in [-0.2, 0) is 32.6 Å². The van der Waals surface area contributed by atoms with Gasteiger partial charge in [0.1, 0.15) is 11.9 Å². The van der Waals surface area contributed by atoms with Crippen LogP contribution in [0.1, 0.15) is 68.5 Å². The number of aryl methyl sites for hydroxylation is 1. The van der Waals surface area contributed by atoms with Crippen molar-refractivity contribution < 1.29 is 28.6 Å². The predicted molar refractivity (Wildman–Crippen MR) is 134 cm³/mol. The molecule has 1 fully saturated rings. The number of nitrogens with one attached hydrogen (secondary N) is 1. The number of rotatable bonds is 6. The molecule has 2 aliphatic carbocycles. The molecule has 2 aromatic rings. The summed E-state index contributed by atoms with van der Waals surface area (Å²) in [7, 11) is 0. The smallest absolute Gasteiger partial charge is 0.306 e. The highest BCUT2D eigenvalue weighted by molar-refractivity contribution is 5.99. The molecule has 2 N–H and O–H groups in total. The number of pyridine rings is 1. The first-order valence-electron chi connectivity index (χ1n) is 12.9. The highest BCUT2D eigenvalue weighted by Gasteiger charge is 2.45. The summed E-state index contributed by atoms with van der Waals surface area (Å²) in [5.41, 5.74) is 2.94. The van der Waals surface area contributed by atoms with Crippen molar-refractivity contribution >= 4 is 23.5 Å². The molecule has 0 radical (unpaired) electrons. The highest BCUT2D eigenvalue weighted by Crippen LogP contribution is 2.42. The van der Waals surface area contributed by atoms with Crippen LogP contribution < -0.4 is 10.1 Å². The molecular formula is C28H32FN3O5. The second kappa shape index (κ2) is 9.43. The molecular weight excluding hydrogens is 477 g/mol. The van der Waals surface area contributed by atoms with Crippen molar-refractivity contribution in [2.75, 3.05) is 18.5 Å². The Morgan fingerprint density at radius 2 is 1.95 bits per heavy atom. The third-order valence-corrected chi connectivity index (χ3v) is 7.98. The van der Waals surface area contributed by atoms with Crippen molar-refractivity contribution in [1.82, 2.24) is 9.88 Å². The van der Waals surface area contributed by atoms with Crippen molar-refractivity contribution in [2.45, 2.75) is 64.3 Å². The van der Waals surface area contributed by atoms with Gasteiger partial charge in [0.25, 0.3) is 5.91 Å². The summed E-state index contributed by atoms with van der Waals surface area (Å²) in [5, 5.41) is 12.1. The summed E-state index contributed by atoms with van der Waals surface area (Å²) >= 11 is 0. The zero-order valence-electron chi connectivity index (χ0n) is 21.3. The summed E-state index contributed by atoms with van der Waals surface area (Å²) in [5.74, 6) is -2.46. The van der Waals surface area contributed by atoms with Crippen molar-refractivity contribution in [3.8, 4) is 5.88 Å². The zero-order chi connectivity index (χ0) is 26.5. The number of aliphatic carboxylic acids is 1. The maximum Gasteiger partial charge on any atom is 0.306 e. The molecule has 1 aromatic heterocycles. The first-order chi connectivity index (χ1) is 17.6. The molecule has 2 heterocycles. The lowest BCUT2D eigenvalue weighted by molar-refractivity contribution is -0.154. The average molecular weight is 510 g/mol. The van der Waals surface area contributed by atoms with E-state index in [1.807, 2.05) is 26.8 Å². The summed E-state index contributed by atoms with van der Waals surface area (Å²) in [6.45, 7) is 6.61. The van der Waals surface area contributed by atoms with E-state index in [-0.39, 0.29) is 36.5 Å². The molecule has 2 amide bonds. The van der Waals surface area contributed by atoms with E-state index in [0.29, 0.717) is 41.4 Å². The minimum Gasteiger partial charge on any atom is -0.481 e. The summed E-state index contributed by atoms with van der Waals surface area (Å²) in [6.07, 6.45) is 2.54. The first-order valence-corrected chi connectivity index (χ1v) is 12.9. The van der Waals surface area contributed by atoms with E-state index in [4.69, 9.17) is 4.74 Å². The van der Waals surface area contributed by atoms with Crippen molar-refractivity contribution in [2.24, 2.45) is 11.8 Å². The van der Waals surface area contributed by atoms with Gasteiger partial charge in [-0.05, 0) is 67.3 Å². The van der Waals surface area contributed by atoms with Crippen molar-refractivity contribution in [3.05, 3.63) is 52.5 Å². The Bertz CT molecular complexity index is 1270. The number of benzene rings is 1. The van der Waals surface area contributed by atoms with E-state index in [9.17, 15) is 19.5 Å². The Hall–Kier alpha value is -3.49. The Morgan fingerprint density at radius 1 is 1.19 bits per heavy atom. The number of carboxylic acid groups (broad SMARTS) is 1. The molecule has 5 rings (SSSR count). The van der Waals surface area contributed by atoms with Gasteiger partial charge in [0, 0.05) is 36.2 Å². The molecule has 3 aliphatic rings. The minimum absolute atomic E-state index is 0.237. The number of ether oxygens (including phenoxy) is 1. The maximum atomic E-state index is 15.1. The molecule has 1 aliphatic heterocycles. The van der Waals surface area contributed by atoms with Gasteiger partial charge in [-0.25, -0.2) is 9.37 Å². The molecule has 8 nitrogen and oxygen atoms in total. The van der Waals surface area contributed by atoms with Crippen LogP contribution in [0.2, 0.25) is 0 Å². The fraction of sp³-hybridized carbons (Fsp3) is 0.500. The average Bonchev–Trinajstić information content (AvgIpc) is 3.11. The van der Waals surface area contributed by atoms with E-state index in [2.05, 4.69) is 10.3 Å². The number of carbonyl (C=O) groups is 3.